The first-order valence-corrected chi connectivity index (χ1v) is 9.10. The number of aromatic nitrogens is 2. The zero-order valence-corrected chi connectivity index (χ0v) is 15.0. The highest BCUT2D eigenvalue weighted by atomic mass is 16.5. The number of hydrogen-bond acceptors (Lipinski definition) is 4. The number of nitrogens with one attached hydrogen (secondary N) is 1. The van der Waals surface area contributed by atoms with E-state index in [0.717, 1.165) is 46.9 Å². The predicted octanol–water partition coefficient (Wildman–Crippen LogP) is 5.37. The van der Waals surface area contributed by atoms with Gasteiger partial charge in [-0.1, -0.05) is 54.6 Å². The van der Waals surface area contributed by atoms with Crippen molar-refractivity contribution in [2.75, 3.05) is 5.32 Å². The van der Waals surface area contributed by atoms with E-state index in [9.17, 15) is 0 Å². The SMILES string of the molecule is C1=CC(Nc2cc(-c3ccccc3OCc3ccccc3)ncn2)=CCC1. The molecule has 0 atom stereocenters. The van der Waals surface area contributed by atoms with Crippen LogP contribution in [0.3, 0.4) is 0 Å². The number of rotatable bonds is 6. The Morgan fingerprint density at radius 2 is 1.78 bits per heavy atom. The third-order valence-electron chi connectivity index (χ3n) is 4.33. The number of anilines is 1. The van der Waals surface area contributed by atoms with Gasteiger partial charge in [-0.2, -0.15) is 0 Å². The van der Waals surface area contributed by atoms with E-state index in [0.29, 0.717) is 6.61 Å². The summed E-state index contributed by atoms with van der Waals surface area (Å²) in [5, 5.41) is 3.35. The van der Waals surface area contributed by atoms with Crippen LogP contribution in [0.25, 0.3) is 11.3 Å². The number of nitrogens with zero attached hydrogens (tertiary/aromatic N) is 2. The lowest BCUT2D eigenvalue weighted by Crippen LogP contribution is -2.02. The van der Waals surface area contributed by atoms with Crippen LogP contribution in [0.4, 0.5) is 5.82 Å². The van der Waals surface area contributed by atoms with Gasteiger partial charge in [-0.05, 0) is 36.6 Å². The van der Waals surface area contributed by atoms with Crippen LogP contribution in [0.2, 0.25) is 0 Å². The second kappa shape index (κ2) is 8.32. The van der Waals surface area contributed by atoms with E-state index < -0.39 is 0 Å². The molecular weight excluding hydrogens is 334 g/mol. The van der Waals surface area contributed by atoms with E-state index >= 15 is 0 Å². The molecule has 0 spiro atoms. The standard InChI is InChI=1S/C23H21N3O/c1-3-9-18(10-4-1)16-27-22-14-8-7-13-20(22)21-15-23(25-17-24-21)26-19-11-5-2-6-12-19/h1,3-5,7-15,17H,2,6,16H2,(H,24,25,26). The first-order valence-electron chi connectivity index (χ1n) is 9.10. The van der Waals surface area contributed by atoms with Gasteiger partial charge in [0.15, 0.2) is 0 Å². The minimum absolute atomic E-state index is 0.520. The van der Waals surface area contributed by atoms with E-state index in [1.54, 1.807) is 6.33 Å². The summed E-state index contributed by atoms with van der Waals surface area (Å²) in [4.78, 5) is 8.79. The van der Waals surface area contributed by atoms with Crippen molar-refractivity contribution in [2.45, 2.75) is 19.4 Å². The normalized spacial score (nSPS) is 13.1. The Morgan fingerprint density at radius 3 is 2.63 bits per heavy atom. The third-order valence-corrected chi connectivity index (χ3v) is 4.33. The summed E-state index contributed by atoms with van der Waals surface area (Å²) in [5.41, 5.74) is 3.98. The van der Waals surface area contributed by atoms with Gasteiger partial charge in [-0.3, -0.25) is 0 Å². The van der Waals surface area contributed by atoms with Crippen LogP contribution in [0, 0.1) is 0 Å². The van der Waals surface area contributed by atoms with Crippen molar-refractivity contribution in [3.05, 3.63) is 96.5 Å². The Morgan fingerprint density at radius 1 is 0.926 bits per heavy atom. The fourth-order valence-electron chi connectivity index (χ4n) is 2.97. The van der Waals surface area contributed by atoms with Gasteiger partial charge < -0.3 is 10.1 Å². The fraction of sp³-hybridized carbons (Fsp3) is 0.130. The number of para-hydroxylation sites is 1. The first kappa shape index (κ1) is 17.0. The highest BCUT2D eigenvalue weighted by Crippen LogP contribution is 2.30. The van der Waals surface area contributed by atoms with Crippen molar-refractivity contribution < 1.29 is 4.74 Å². The quantitative estimate of drug-likeness (QED) is 0.646. The van der Waals surface area contributed by atoms with Crippen molar-refractivity contribution in [3.8, 4) is 17.0 Å². The molecule has 3 aromatic rings. The van der Waals surface area contributed by atoms with Gasteiger partial charge in [0.2, 0.25) is 0 Å². The third kappa shape index (κ3) is 4.42. The molecule has 1 aliphatic rings. The highest BCUT2D eigenvalue weighted by molar-refractivity contribution is 5.69. The monoisotopic (exact) mass is 355 g/mol. The highest BCUT2D eigenvalue weighted by Gasteiger charge is 2.09. The van der Waals surface area contributed by atoms with Gasteiger partial charge in [0.05, 0.1) is 5.69 Å². The van der Waals surface area contributed by atoms with Gasteiger partial charge >= 0.3 is 0 Å². The fourth-order valence-corrected chi connectivity index (χ4v) is 2.97. The summed E-state index contributed by atoms with van der Waals surface area (Å²) >= 11 is 0. The molecule has 0 radical (unpaired) electrons. The van der Waals surface area contributed by atoms with Crippen molar-refractivity contribution in [1.82, 2.24) is 9.97 Å². The van der Waals surface area contributed by atoms with Crippen LogP contribution in [0.5, 0.6) is 5.75 Å². The zero-order valence-electron chi connectivity index (χ0n) is 15.0. The van der Waals surface area contributed by atoms with Crippen molar-refractivity contribution in [1.29, 1.82) is 0 Å². The Hall–Kier alpha value is -3.40. The maximum Gasteiger partial charge on any atom is 0.134 e. The van der Waals surface area contributed by atoms with Crippen LogP contribution in [-0.2, 0) is 6.61 Å². The van der Waals surface area contributed by atoms with E-state index in [1.807, 2.05) is 48.5 Å². The van der Waals surface area contributed by atoms with E-state index in [4.69, 9.17) is 4.74 Å². The molecular formula is C23H21N3O. The van der Waals surface area contributed by atoms with E-state index in [-0.39, 0.29) is 0 Å². The van der Waals surface area contributed by atoms with E-state index in [2.05, 4.69) is 45.6 Å². The topological polar surface area (TPSA) is 47.0 Å². The van der Waals surface area contributed by atoms with Gasteiger partial charge in [-0.25, -0.2) is 9.97 Å². The molecule has 2 aromatic carbocycles. The summed E-state index contributed by atoms with van der Waals surface area (Å²) in [6.45, 7) is 0.520. The molecule has 0 amide bonds. The molecule has 4 nitrogen and oxygen atoms in total. The molecule has 0 saturated carbocycles. The van der Waals surface area contributed by atoms with Crippen molar-refractivity contribution in [3.63, 3.8) is 0 Å². The maximum absolute atomic E-state index is 6.06. The first-order chi connectivity index (χ1) is 13.4. The minimum Gasteiger partial charge on any atom is -0.488 e. The van der Waals surface area contributed by atoms with Gasteiger partial charge in [-0.15, -0.1) is 0 Å². The molecule has 4 heteroatoms. The minimum atomic E-state index is 0.520. The summed E-state index contributed by atoms with van der Waals surface area (Å²) < 4.78 is 6.06. The predicted molar refractivity (Wildman–Crippen MR) is 108 cm³/mol. The molecule has 27 heavy (non-hydrogen) atoms. The average molecular weight is 355 g/mol. The number of hydrogen-bond donors (Lipinski definition) is 1. The van der Waals surface area contributed by atoms with Crippen molar-refractivity contribution >= 4 is 5.82 Å². The lowest BCUT2D eigenvalue weighted by Gasteiger charge is -2.13. The summed E-state index contributed by atoms with van der Waals surface area (Å²) in [6.07, 6.45) is 10.1. The second-order valence-electron chi connectivity index (χ2n) is 6.32. The molecule has 0 unspecified atom stereocenters. The average Bonchev–Trinajstić information content (AvgIpc) is 2.74. The zero-order chi connectivity index (χ0) is 18.3. The number of allylic oxidation sites excluding steroid dienone is 3. The molecule has 0 fully saturated rings. The summed E-state index contributed by atoms with van der Waals surface area (Å²) in [7, 11) is 0. The van der Waals surface area contributed by atoms with Gasteiger partial charge in [0, 0.05) is 17.3 Å². The van der Waals surface area contributed by atoms with Crippen LogP contribution < -0.4 is 10.1 Å². The molecule has 1 heterocycles. The van der Waals surface area contributed by atoms with Crippen LogP contribution in [-0.4, -0.2) is 9.97 Å². The lowest BCUT2D eigenvalue weighted by atomic mass is 10.1. The lowest BCUT2D eigenvalue weighted by molar-refractivity contribution is 0.307. The van der Waals surface area contributed by atoms with Gasteiger partial charge in [0.1, 0.15) is 24.5 Å². The molecule has 1 aliphatic carbocycles. The molecule has 4 rings (SSSR count). The molecule has 1 aromatic heterocycles. The van der Waals surface area contributed by atoms with Gasteiger partial charge in [0.25, 0.3) is 0 Å². The Balaban J connectivity index is 1.55. The molecule has 134 valence electrons. The number of ether oxygens (including phenoxy) is 1. The number of benzene rings is 2. The summed E-state index contributed by atoms with van der Waals surface area (Å²) in [6, 6.07) is 20.1. The largest absolute Gasteiger partial charge is 0.488 e. The molecule has 0 aliphatic heterocycles. The van der Waals surface area contributed by atoms with Crippen LogP contribution >= 0.6 is 0 Å². The maximum atomic E-state index is 6.06. The molecule has 0 bridgehead atoms. The Kier molecular flexibility index (Phi) is 5.25. The van der Waals surface area contributed by atoms with Crippen LogP contribution in [0.1, 0.15) is 18.4 Å². The van der Waals surface area contributed by atoms with Crippen LogP contribution in [0.15, 0.2) is 90.9 Å². The van der Waals surface area contributed by atoms with E-state index in [1.165, 1.54) is 0 Å². The Bertz CT molecular complexity index is 964. The Labute approximate surface area is 159 Å². The van der Waals surface area contributed by atoms with Crippen molar-refractivity contribution in [2.24, 2.45) is 0 Å². The molecule has 1 N–H and O–H groups in total. The molecule has 0 saturated heterocycles. The second-order valence-corrected chi connectivity index (χ2v) is 6.32. The summed E-state index contributed by atoms with van der Waals surface area (Å²) in [5.74, 6) is 1.58. The smallest absolute Gasteiger partial charge is 0.134 e.